The second-order valence-corrected chi connectivity index (χ2v) is 4.13. The number of aliphatic hydroxyl groups excluding tert-OH is 1. The van der Waals surface area contributed by atoms with Gasteiger partial charge in [0, 0.05) is 0 Å². The maximum absolute atomic E-state index is 10.0. The van der Waals surface area contributed by atoms with Gasteiger partial charge in [0.1, 0.15) is 17.4 Å². The number of allylic oxidation sites excluding steroid dienone is 5. The zero-order valence-electron chi connectivity index (χ0n) is 10.2. The van der Waals surface area contributed by atoms with Crippen molar-refractivity contribution >= 4 is 5.57 Å². The molecule has 0 aromatic carbocycles. The van der Waals surface area contributed by atoms with Gasteiger partial charge in [-0.15, -0.1) is 0 Å². The van der Waals surface area contributed by atoms with Crippen LogP contribution in [0.15, 0.2) is 30.1 Å². The molecule has 4 nitrogen and oxygen atoms in total. The second-order valence-electron chi connectivity index (χ2n) is 4.13. The molecule has 1 aromatic rings. The van der Waals surface area contributed by atoms with Crippen molar-refractivity contribution < 1.29 is 5.11 Å². The van der Waals surface area contributed by atoms with Crippen LogP contribution in [0.1, 0.15) is 24.4 Å². The molecule has 0 aliphatic heterocycles. The Labute approximate surface area is 100 Å². The lowest BCUT2D eigenvalue weighted by molar-refractivity contribution is 0.432. The average molecular weight is 229 g/mol. The molecule has 4 heteroatoms. The third-order valence-corrected chi connectivity index (χ3v) is 2.47. The molecule has 1 atom stereocenters. The van der Waals surface area contributed by atoms with Crippen molar-refractivity contribution in [2.75, 3.05) is 0 Å². The second kappa shape index (κ2) is 4.49. The minimum absolute atomic E-state index is 0.202. The first-order valence-corrected chi connectivity index (χ1v) is 5.55. The molecule has 1 aromatic heterocycles. The number of hydrogen-bond donors (Lipinski definition) is 1. The third-order valence-electron chi connectivity index (χ3n) is 2.47. The van der Waals surface area contributed by atoms with Crippen LogP contribution >= 0.6 is 0 Å². The van der Waals surface area contributed by atoms with Crippen LogP contribution in [-0.2, 0) is 0 Å². The molecular formula is C13H15N3O. The summed E-state index contributed by atoms with van der Waals surface area (Å²) in [4.78, 5) is 12.6. The Kier molecular flexibility index (Phi) is 3.04. The van der Waals surface area contributed by atoms with Gasteiger partial charge in [0.25, 0.3) is 0 Å². The van der Waals surface area contributed by atoms with Crippen LogP contribution in [0, 0.1) is 19.8 Å². The molecule has 1 aliphatic rings. The van der Waals surface area contributed by atoms with Crippen LogP contribution in [0.2, 0.25) is 0 Å². The lowest BCUT2D eigenvalue weighted by atomic mass is 10.1. The highest BCUT2D eigenvalue weighted by molar-refractivity contribution is 5.74. The van der Waals surface area contributed by atoms with E-state index in [4.69, 9.17) is 0 Å². The highest BCUT2D eigenvalue weighted by Gasteiger charge is 2.13. The van der Waals surface area contributed by atoms with Gasteiger partial charge in [0.2, 0.25) is 0 Å². The van der Waals surface area contributed by atoms with Crippen LogP contribution in [0.3, 0.4) is 0 Å². The van der Waals surface area contributed by atoms with E-state index in [0.717, 1.165) is 0 Å². The summed E-state index contributed by atoms with van der Waals surface area (Å²) < 4.78 is 0. The van der Waals surface area contributed by atoms with Crippen molar-refractivity contribution in [2.45, 2.75) is 20.8 Å². The zero-order chi connectivity index (χ0) is 12.4. The van der Waals surface area contributed by atoms with E-state index in [0.29, 0.717) is 23.0 Å². The van der Waals surface area contributed by atoms with E-state index in [9.17, 15) is 5.11 Å². The summed E-state index contributed by atoms with van der Waals surface area (Å²) in [6.07, 6.45) is 7.52. The molecule has 1 N–H and O–H groups in total. The first-order chi connectivity index (χ1) is 8.06. The molecule has 0 amide bonds. The molecule has 0 fully saturated rings. The fourth-order valence-electron chi connectivity index (χ4n) is 1.73. The average Bonchev–Trinajstić information content (AvgIpc) is 2.37. The van der Waals surface area contributed by atoms with Crippen molar-refractivity contribution in [3.8, 4) is 0 Å². The molecule has 1 unspecified atom stereocenters. The van der Waals surface area contributed by atoms with Crippen molar-refractivity contribution in [3.05, 3.63) is 47.5 Å². The number of aliphatic hydroxyl groups is 1. The lowest BCUT2D eigenvalue weighted by Gasteiger charge is -2.06. The number of aryl methyl sites for hydroxylation is 2. The SMILES string of the molecule is Cc1nc(C)nc(C2=CC=CC(C)C=C2O)n1. The Hall–Kier alpha value is -1.97. The minimum atomic E-state index is 0.202. The highest BCUT2D eigenvalue weighted by Crippen LogP contribution is 2.22. The number of rotatable bonds is 1. The fraction of sp³-hybridized carbons (Fsp3) is 0.308. The first-order valence-electron chi connectivity index (χ1n) is 5.55. The van der Waals surface area contributed by atoms with E-state index in [2.05, 4.69) is 15.0 Å². The van der Waals surface area contributed by atoms with Gasteiger partial charge in [-0.25, -0.2) is 15.0 Å². The van der Waals surface area contributed by atoms with Crippen LogP contribution in [0.25, 0.3) is 5.57 Å². The van der Waals surface area contributed by atoms with E-state index in [1.54, 1.807) is 6.08 Å². The monoisotopic (exact) mass is 229 g/mol. The van der Waals surface area contributed by atoms with Gasteiger partial charge in [-0.1, -0.05) is 19.1 Å². The van der Waals surface area contributed by atoms with Crippen LogP contribution in [0.5, 0.6) is 0 Å². The van der Waals surface area contributed by atoms with Gasteiger partial charge in [-0.2, -0.15) is 0 Å². The Morgan fingerprint density at radius 1 is 1.12 bits per heavy atom. The molecule has 0 saturated carbocycles. The van der Waals surface area contributed by atoms with Gasteiger partial charge in [0.15, 0.2) is 5.82 Å². The summed E-state index contributed by atoms with van der Waals surface area (Å²) >= 11 is 0. The largest absolute Gasteiger partial charge is 0.508 e. The van der Waals surface area contributed by atoms with Crippen LogP contribution in [0.4, 0.5) is 0 Å². The summed E-state index contributed by atoms with van der Waals surface area (Å²) in [7, 11) is 0. The highest BCUT2D eigenvalue weighted by atomic mass is 16.3. The van der Waals surface area contributed by atoms with Gasteiger partial charge < -0.3 is 5.11 Å². The van der Waals surface area contributed by atoms with Crippen LogP contribution < -0.4 is 0 Å². The molecule has 1 heterocycles. The molecular weight excluding hydrogens is 214 g/mol. The number of nitrogens with zero attached hydrogens (tertiary/aromatic N) is 3. The van der Waals surface area contributed by atoms with Crippen LogP contribution in [-0.4, -0.2) is 20.1 Å². The standard InChI is InChI=1S/C13H15N3O/c1-8-5-4-6-11(12(17)7-8)13-15-9(2)14-10(3)16-13/h4-8,17H,1-3H3. The van der Waals surface area contributed by atoms with Crippen molar-refractivity contribution in [1.82, 2.24) is 15.0 Å². The Morgan fingerprint density at radius 3 is 2.41 bits per heavy atom. The Bertz CT molecular complexity index is 509. The quantitative estimate of drug-likeness (QED) is 0.803. The number of hydrogen-bond acceptors (Lipinski definition) is 4. The topological polar surface area (TPSA) is 58.9 Å². The summed E-state index contributed by atoms with van der Waals surface area (Å²) in [5.74, 6) is 2.24. The van der Waals surface area contributed by atoms with Gasteiger partial charge in [-0.3, -0.25) is 0 Å². The normalized spacial score (nSPS) is 19.6. The van der Waals surface area contributed by atoms with E-state index >= 15 is 0 Å². The molecule has 2 rings (SSSR count). The Morgan fingerprint density at radius 2 is 1.76 bits per heavy atom. The number of aromatic nitrogens is 3. The summed E-state index contributed by atoms with van der Waals surface area (Å²) in [6.45, 7) is 5.64. The van der Waals surface area contributed by atoms with Gasteiger partial charge in [0.05, 0.1) is 5.57 Å². The van der Waals surface area contributed by atoms with E-state index < -0.39 is 0 Å². The van der Waals surface area contributed by atoms with E-state index in [-0.39, 0.29) is 11.7 Å². The van der Waals surface area contributed by atoms with Crippen molar-refractivity contribution in [1.29, 1.82) is 0 Å². The summed E-state index contributed by atoms with van der Waals surface area (Å²) in [5, 5.41) is 10.0. The molecule has 0 radical (unpaired) electrons. The zero-order valence-corrected chi connectivity index (χ0v) is 10.2. The summed E-state index contributed by atoms with van der Waals surface area (Å²) in [6, 6.07) is 0. The van der Waals surface area contributed by atoms with Crippen molar-refractivity contribution in [2.24, 2.45) is 5.92 Å². The molecule has 17 heavy (non-hydrogen) atoms. The van der Waals surface area contributed by atoms with E-state index in [1.807, 2.05) is 39.0 Å². The predicted octanol–water partition coefficient (Wildman–Crippen LogP) is 2.52. The fourth-order valence-corrected chi connectivity index (χ4v) is 1.73. The maximum atomic E-state index is 10.0. The van der Waals surface area contributed by atoms with Gasteiger partial charge in [-0.05, 0) is 31.9 Å². The predicted molar refractivity (Wildman–Crippen MR) is 66.3 cm³/mol. The maximum Gasteiger partial charge on any atom is 0.167 e. The van der Waals surface area contributed by atoms with E-state index in [1.165, 1.54) is 0 Å². The molecule has 88 valence electrons. The minimum Gasteiger partial charge on any atom is -0.508 e. The summed E-state index contributed by atoms with van der Waals surface area (Å²) in [5.41, 5.74) is 0.638. The molecule has 0 bridgehead atoms. The Balaban J connectivity index is 2.49. The smallest absolute Gasteiger partial charge is 0.167 e. The van der Waals surface area contributed by atoms with Gasteiger partial charge >= 0.3 is 0 Å². The molecule has 0 saturated heterocycles. The molecule has 1 aliphatic carbocycles. The van der Waals surface area contributed by atoms with Crippen molar-refractivity contribution in [3.63, 3.8) is 0 Å². The molecule has 0 spiro atoms. The lowest BCUT2D eigenvalue weighted by Crippen LogP contribution is -2.03. The third kappa shape index (κ3) is 2.58. The first kappa shape index (κ1) is 11.5.